The summed E-state index contributed by atoms with van der Waals surface area (Å²) in [7, 11) is 0. The lowest BCUT2D eigenvalue weighted by atomic mass is 10.2. The number of halogens is 2. The summed E-state index contributed by atoms with van der Waals surface area (Å²) in [4.78, 5) is 20.9. The molecule has 19 heavy (non-hydrogen) atoms. The first-order valence-corrected chi connectivity index (χ1v) is 7.43. The number of aliphatic hydroxyl groups is 1. The lowest BCUT2D eigenvalue weighted by molar-refractivity contribution is 0.177. The van der Waals surface area contributed by atoms with Gasteiger partial charge in [0, 0.05) is 6.04 Å². The zero-order valence-electron chi connectivity index (χ0n) is 9.88. The molecular formula is C12H11ClIN3O2. The zero-order valence-corrected chi connectivity index (χ0v) is 12.8. The fraction of sp³-hybridized carbons (Fsp3) is 0.417. The van der Waals surface area contributed by atoms with E-state index in [0.717, 1.165) is 12.8 Å². The molecule has 2 aromatic heterocycles. The highest BCUT2D eigenvalue weighted by atomic mass is 127. The molecule has 2 atom stereocenters. The molecule has 7 heteroatoms. The molecule has 1 fully saturated rings. The fourth-order valence-corrected chi connectivity index (χ4v) is 3.55. The van der Waals surface area contributed by atoms with Gasteiger partial charge in [0.15, 0.2) is 0 Å². The Hall–Kier alpha value is -0.730. The number of pyridine rings is 1. The van der Waals surface area contributed by atoms with Gasteiger partial charge >= 0.3 is 0 Å². The van der Waals surface area contributed by atoms with Crippen LogP contribution >= 0.6 is 34.2 Å². The molecular weight excluding hydrogens is 381 g/mol. The first-order valence-electron chi connectivity index (χ1n) is 5.97. The average molecular weight is 392 g/mol. The van der Waals surface area contributed by atoms with Crippen LogP contribution < -0.4 is 5.56 Å². The van der Waals surface area contributed by atoms with Gasteiger partial charge in [0.25, 0.3) is 5.56 Å². The van der Waals surface area contributed by atoms with Gasteiger partial charge in [-0.1, -0.05) is 11.6 Å². The van der Waals surface area contributed by atoms with Gasteiger partial charge in [-0.15, -0.1) is 0 Å². The molecule has 0 unspecified atom stereocenters. The van der Waals surface area contributed by atoms with Crippen molar-refractivity contribution in [3.05, 3.63) is 31.6 Å². The molecule has 0 amide bonds. The monoisotopic (exact) mass is 391 g/mol. The molecule has 1 N–H and O–H groups in total. The summed E-state index contributed by atoms with van der Waals surface area (Å²) in [5.41, 5.74) is 0.455. The van der Waals surface area contributed by atoms with Gasteiger partial charge in [0.1, 0.15) is 14.4 Å². The molecule has 0 spiro atoms. The molecule has 100 valence electrons. The number of nitrogens with zero attached hydrogens (tertiary/aromatic N) is 3. The van der Waals surface area contributed by atoms with Crippen molar-refractivity contribution in [1.29, 1.82) is 0 Å². The average Bonchev–Trinajstić information content (AvgIpc) is 2.77. The topological polar surface area (TPSA) is 68.0 Å². The van der Waals surface area contributed by atoms with Crippen LogP contribution in [0.2, 0.25) is 5.15 Å². The van der Waals surface area contributed by atoms with E-state index in [2.05, 4.69) is 9.97 Å². The van der Waals surface area contributed by atoms with E-state index in [0.29, 0.717) is 26.2 Å². The van der Waals surface area contributed by atoms with Crippen molar-refractivity contribution in [3.8, 4) is 0 Å². The predicted octanol–water partition coefficient (Wildman–Crippen LogP) is 2.14. The number of aromatic nitrogens is 3. The van der Waals surface area contributed by atoms with Crippen molar-refractivity contribution in [1.82, 2.24) is 14.5 Å². The Balaban J connectivity index is 2.18. The smallest absolute Gasteiger partial charge is 0.261 e. The normalized spacial score (nSPS) is 23.1. The van der Waals surface area contributed by atoms with Crippen LogP contribution in [0.5, 0.6) is 0 Å². The van der Waals surface area contributed by atoms with E-state index in [1.165, 1.54) is 0 Å². The van der Waals surface area contributed by atoms with Crippen LogP contribution in [0.3, 0.4) is 0 Å². The van der Waals surface area contributed by atoms with Gasteiger partial charge in [-0.2, -0.15) is 0 Å². The highest BCUT2D eigenvalue weighted by Crippen LogP contribution is 2.29. The minimum Gasteiger partial charge on any atom is -0.393 e. The largest absolute Gasteiger partial charge is 0.393 e. The van der Waals surface area contributed by atoms with Crippen molar-refractivity contribution in [2.75, 3.05) is 0 Å². The molecule has 2 heterocycles. The Bertz CT molecular complexity index is 703. The summed E-state index contributed by atoms with van der Waals surface area (Å²) in [5.74, 6) is 0. The first-order chi connectivity index (χ1) is 9.06. The first kappa shape index (κ1) is 13.3. The maximum atomic E-state index is 12.5. The fourth-order valence-electron chi connectivity index (χ4n) is 2.52. The molecule has 0 aliphatic heterocycles. The van der Waals surface area contributed by atoms with Crippen LogP contribution in [0, 0.1) is 3.70 Å². The van der Waals surface area contributed by atoms with Gasteiger partial charge in [-0.25, -0.2) is 9.97 Å². The van der Waals surface area contributed by atoms with Crippen molar-refractivity contribution in [3.63, 3.8) is 0 Å². The summed E-state index contributed by atoms with van der Waals surface area (Å²) in [6.07, 6.45) is 3.34. The number of hydrogen-bond acceptors (Lipinski definition) is 4. The second-order valence-electron chi connectivity index (χ2n) is 4.71. The minimum absolute atomic E-state index is 0.0176. The Labute approximate surface area is 127 Å². The maximum absolute atomic E-state index is 12.5. The van der Waals surface area contributed by atoms with Crippen LogP contribution in [0.4, 0.5) is 0 Å². The van der Waals surface area contributed by atoms with Crippen LogP contribution in [0.15, 0.2) is 17.2 Å². The Morgan fingerprint density at radius 3 is 2.95 bits per heavy atom. The van der Waals surface area contributed by atoms with Gasteiger partial charge in [0.2, 0.25) is 0 Å². The zero-order chi connectivity index (χ0) is 13.6. The molecule has 0 bridgehead atoms. The molecule has 2 aromatic rings. The lowest BCUT2D eigenvalue weighted by Gasteiger charge is -2.13. The van der Waals surface area contributed by atoms with Crippen molar-refractivity contribution >= 4 is 45.1 Å². The van der Waals surface area contributed by atoms with Crippen LogP contribution in [0.25, 0.3) is 10.9 Å². The molecule has 0 aromatic carbocycles. The summed E-state index contributed by atoms with van der Waals surface area (Å²) in [5, 5.41) is 10.4. The molecule has 0 saturated heterocycles. The summed E-state index contributed by atoms with van der Waals surface area (Å²) < 4.78 is 2.22. The Morgan fingerprint density at radius 1 is 1.47 bits per heavy atom. The summed E-state index contributed by atoms with van der Waals surface area (Å²) >= 11 is 7.92. The third-order valence-electron chi connectivity index (χ3n) is 3.47. The minimum atomic E-state index is -0.325. The number of aliphatic hydroxyl groups excluding tert-OH is 1. The van der Waals surface area contributed by atoms with Gasteiger partial charge in [-0.05, 0) is 47.9 Å². The number of hydrogen-bond donors (Lipinski definition) is 1. The van der Waals surface area contributed by atoms with E-state index in [1.807, 2.05) is 22.6 Å². The maximum Gasteiger partial charge on any atom is 0.261 e. The van der Waals surface area contributed by atoms with E-state index in [9.17, 15) is 9.90 Å². The highest BCUT2D eigenvalue weighted by molar-refractivity contribution is 14.1. The SMILES string of the molecule is O=c1c2cc(Cl)nc(I)c2ncn1[C@@H]1CC[C@H](O)C1. The van der Waals surface area contributed by atoms with E-state index < -0.39 is 0 Å². The van der Waals surface area contributed by atoms with Gasteiger partial charge < -0.3 is 5.11 Å². The Morgan fingerprint density at radius 2 is 2.26 bits per heavy atom. The van der Waals surface area contributed by atoms with E-state index in [1.54, 1.807) is 17.0 Å². The molecule has 1 saturated carbocycles. The van der Waals surface area contributed by atoms with Crippen molar-refractivity contribution in [2.24, 2.45) is 0 Å². The van der Waals surface area contributed by atoms with E-state index >= 15 is 0 Å². The molecule has 1 aliphatic carbocycles. The Kier molecular flexibility index (Phi) is 3.48. The second kappa shape index (κ2) is 4.99. The molecule has 0 radical (unpaired) electrons. The van der Waals surface area contributed by atoms with Gasteiger partial charge in [-0.3, -0.25) is 9.36 Å². The summed E-state index contributed by atoms with van der Waals surface area (Å²) in [6.45, 7) is 0. The molecule has 1 aliphatic rings. The summed E-state index contributed by atoms with van der Waals surface area (Å²) in [6, 6.07) is 1.57. The second-order valence-corrected chi connectivity index (χ2v) is 6.12. The number of rotatable bonds is 1. The van der Waals surface area contributed by atoms with Crippen molar-refractivity contribution < 1.29 is 5.11 Å². The quantitative estimate of drug-likeness (QED) is 0.597. The van der Waals surface area contributed by atoms with E-state index in [-0.39, 0.29) is 17.7 Å². The predicted molar refractivity (Wildman–Crippen MR) is 80.4 cm³/mol. The van der Waals surface area contributed by atoms with E-state index in [4.69, 9.17) is 11.6 Å². The lowest BCUT2D eigenvalue weighted by Crippen LogP contribution is -2.24. The van der Waals surface area contributed by atoms with Crippen LogP contribution in [-0.2, 0) is 0 Å². The third-order valence-corrected chi connectivity index (χ3v) is 4.41. The number of fused-ring (bicyclic) bond motifs is 1. The highest BCUT2D eigenvalue weighted by Gasteiger charge is 2.25. The van der Waals surface area contributed by atoms with Crippen LogP contribution in [-0.4, -0.2) is 25.7 Å². The van der Waals surface area contributed by atoms with Gasteiger partial charge in [0.05, 0.1) is 17.8 Å². The standard InChI is InChI=1S/C12H11ClIN3O2/c13-9-4-8-10(11(14)16-9)15-5-17(12(8)19)6-1-2-7(18)3-6/h4-7,18H,1-3H2/t6-,7+/m1/s1. The van der Waals surface area contributed by atoms with Crippen molar-refractivity contribution in [2.45, 2.75) is 31.4 Å². The third kappa shape index (κ3) is 2.36. The van der Waals surface area contributed by atoms with Crippen LogP contribution in [0.1, 0.15) is 25.3 Å². The molecule has 3 rings (SSSR count). The molecule has 5 nitrogen and oxygen atoms in total.